The van der Waals surface area contributed by atoms with Gasteiger partial charge in [0.15, 0.2) is 0 Å². The predicted octanol–water partition coefficient (Wildman–Crippen LogP) is 2.85. The summed E-state index contributed by atoms with van der Waals surface area (Å²) in [4.78, 5) is 0. The highest BCUT2D eigenvalue weighted by molar-refractivity contribution is 5.29. The Morgan fingerprint density at radius 1 is 1.43 bits per heavy atom. The van der Waals surface area contributed by atoms with Crippen LogP contribution in [0.15, 0.2) is 16.7 Å². The molecule has 0 radical (unpaired) electrons. The third-order valence-electron chi connectivity index (χ3n) is 3.37. The third-order valence-corrected chi connectivity index (χ3v) is 3.37. The van der Waals surface area contributed by atoms with E-state index in [1.807, 2.05) is 6.07 Å². The van der Waals surface area contributed by atoms with Gasteiger partial charge in [-0.05, 0) is 24.3 Å². The summed E-state index contributed by atoms with van der Waals surface area (Å²) in [6, 6.07) is 1.92. The van der Waals surface area contributed by atoms with Gasteiger partial charge in [-0.25, -0.2) is 0 Å². The lowest BCUT2D eigenvalue weighted by atomic mass is 9.67. The van der Waals surface area contributed by atoms with E-state index in [0.29, 0.717) is 0 Å². The standard InChI is InChI=1S/C12H18O2/c1-11(2,3)12(13)7-4-5-10-9(12)6-8-14-10/h6,8,13H,4-5,7H2,1-3H3. The zero-order valence-electron chi connectivity index (χ0n) is 9.13. The molecule has 0 aliphatic heterocycles. The Labute approximate surface area is 84.9 Å². The monoisotopic (exact) mass is 194 g/mol. The van der Waals surface area contributed by atoms with Crippen molar-refractivity contribution in [3.05, 3.63) is 23.7 Å². The number of hydrogen-bond donors (Lipinski definition) is 1. The van der Waals surface area contributed by atoms with Crippen LogP contribution in [0.3, 0.4) is 0 Å². The van der Waals surface area contributed by atoms with Crippen molar-refractivity contribution in [1.82, 2.24) is 0 Å². The lowest BCUT2D eigenvalue weighted by Crippen LogP contribution is -2.42. The first-order chi connectivity index (χ1) is 6.45. The summed E-state index contributed by atoms with van der Waals surface area (Å²) in [7, 11) is 0. The average Bonchev–Trinajstić information content (AvgIpc) is 2.51. The van der Waals surface area contributed by atoms with E-state index < -0.39 is 5.60 Å². The first-order valence-electron chi connectivity index (χ1n) is 5.24. The number of aryl methyl sites for hydroxylation is 1. The maximum Gasteiger partial charge on any atom is 0.109 e. The lowest BCUT2D eigenvalue weighted by molar-refractivity contribution is -0.0788. The highest BCUT2D eigenvalue weighted by Gasteiger charge is 2.45. The van der Waals surface area contributed by atoms with Crippen molar-refractivity contribution >= 4 is 0 Å². The Hall–Kier alpha value is -0.760. The fourth-order valence-corrected chi connectivity index (χ4v) is 2.32. The highest BCUT2D eigenvalue weighted by Crippen LogP contribution is 2.47. The topological polar surface area (TPSA) is 33.4 Å². The van der Waals surface area contributed by atoms with E-state index in [2.05, 4.69) is 20.8 Å². The van der Waals surface area contributed by atoms with Crippen LogP contribution < -0.4 is 0 Å². The molecule has 0 amide bonds. The van der Waals surface area contributed by atoms with Crippen molar-refractivity contribution in [3.63, 3.8) is 0 Å². The second kappa shape index (κ2) is 2.86. The molecule has 1 aliphatic carbocycles. The maximum absolute atomic E-state index is 10.7. The molecule has 78 valence electrons. The first-order valence-corrected chi connectivity index (χ1v) is 5.24. The molecular weight excluding hydrogens is 176 g/mol. The molecule has 2 nitrogen and oxygen atoms in total. The van der Waals surface area contributed by atoms with E-state index in [1.165, 1.54) is 0 Å². The molecule has 1 heterocycles. The van der Waals surface area contributed by atoms with Crippen LogP contribution in [0.25, 0.3) is 0 Å². The molecule has 1 unspecified atom stereocenters. The van der Waals surface area contributed by atoms with Crippen LogP contribution >= 0.6 is 0 Å². The summed E-state index contributed by atoms with van der Waals surface area (Å²) in [6.45, 7) is 6.24. The van der Waals surface area contributed by atoms with Gasteiger partial charge in [0, 0.05) is 12.0 Å². The molecule has 1 aromatic rings. The van der Waals surface area contributed by atoms with Crippen LogP contribution in [-0.2, 0) is 12.0 Å². The Bertz CT molecular complexity index is 332. The summed E-state index contributed by atoms with van der Waals surface area (Å²) < 4.78 is 5.39. The van der Waals surface area contributed by atoms with Crippen LogP contribution in [0.1, 0.15) is 44.9 Å². The molecule has 0 saturated carbocycles. The molecule has 1 aliphatic rings. The number of fused-ring (bicyclic) bond motifs is 1. The number of furan rings is 1. The molecule has 0 saturated heterocycles. The van der Waals surface area contributed by atoms with Gasteiger partial charge in [-0.1, -0.05) is 20.8 Å². The van der Waals surface area contributed by atoms with Crippen LogP contribution in [0.2, 0.25) is 0 Å². The van der Waals surface area contributed by atoms with Crippen molar-refractivity contribution in [2.45, 2.75) is 45.6 Å². The predicted molar refractivity (Wildman–Crippen MR) is 55.0 cm³/mol. The van der Waals surface area contributed by atoms with Crippen LogP contribution in [0.4, 0.5) is 0 Å². The molecule has 0 fully saturated rings. The molecule has 0 bridgehead atoms. The van der Waals surface area contributed by atoms with E-state index in [0.717, 1.165) is 30.6 Å². The highest BCUT2D eigenvalue weighted by atomic mass is 16.3. The molecular formula is C12H18O2. The molecule has 2 heteroatoms. The molecule has 14 heavy (non-hydrogen) atoms. The fourth-order valence-electron chi connectivity index (χ4n) is 2.32. The summed E-state index contributed by atoms with van der Waals surface area (Å²) >= 11 is 0. The van der Waals surface area contributed by atoms with E-state index in [9.17, 15) is 5.11 Å². The van der Waals surface area contributed by atoms with Crippen molar-refractivity contribution in [2.75, 3.05) is 0 Å². The molecule has 0 aromatic carbocycles. The van der Waals surface area contributed by atoms with Crippen molar-refractivity contribution < 1.29 is 9.52 Å². The second-order valence-corrected chi connectivity index (χ2v) is 5.22. The summed E-state index contributed by atoms with van der Waals surface area (Å²) in [5.74, 6) is 0.966. The smallest absolute Gasteiger partial charge is 0.109 e. The van der Waals surface area contributed by atoms with Crippen molar-refractivity contribution in [3.8, 4) is 0 Å². The first kappa shape index (κ1) is 9.78. The van der Waals surface area contributed by atoms with Gasteiger partial charge in [0.2, 0.25) is 0 Å². The number of hydrogen-bond acceptors (Lipinski definition) is 2. The normalized spacial score (nSPS) is 27.4. The van der Waals surface area contributed by atoms with E-state index in [-0.39, 0.29) is 5.41 Å². The summed E-state index contributed by atoms with van der Waals surface area (Å²) in [6.07, 6.45) is 4.49. The van der Waals surface area contributed by atoms with Gasteiger partial charge >= 0.3 is 0 Å². The van der Waals surface area contributed by atoms with Gasteiger partial charge in [0.25, 0.3) is 0 Å². The second-order valence-electron chi connectivity index (χ2n) is 5.22. The van der Waals surface area contributed by atoms with Gasteiger partial charge in [-0.3, -0.25) is 0 Å². The Kier molecular flexibility index (Phi) is 2.00. The van der Waals surface area contributed by atoms with Gasteiger partial charge in [0.05, 0.1) is 11.9 Å². The zero-order valence-corrected chi connectivity index (χ0v) is 9.13. The molecule has 0 spiro atoms. The van der Waals surface area contributed by atoms with Crippen LogP contribution in [-0.4, -0.2) is 5.11 Å². The number of aliphatic hydroxyl groups is 1. The third kappa shape index (κ3) is 1.21. The minimum atomic E-state index is -0.715. The largest absolute Gasteiger partial charge is 0.469 e. The van der Waals surface area contributed by atoms with Gasteiger partial charge in [-0.2, -0.15) is 0 Å². The SMILES string of the molecule is CC(C)(C)C1(O)CCCc2occc21. The van der Waals surface area contributed by atoms with Gasteiger partial charge in [-0.15, -0.1) is 0 Å². The minimum Gasteiger partial charge on any atom is -0.469 e. The quantitative estimate of drug-likeness (QED) is 0.689. The number of rotatable bonds is 0. The maximum atomic E-state index is 10.7. The van der Waals surface area contributed by atoms with Crippen LogP contribution in [0.5, 0.6) is 0 Å². The fraction of sp³-hybridized carbons (Fsp3) is 0.667. The Morgan fingerprint density at radius 2 is 2.14 bits per heavy atom. The van der Waals surface area contributed by atoms with Crippen molar-refractivity contribution in [1.29, 1.82) is 0 Å². The molecule has 1 N–H and O–H groups in total. The Morgan fingerprint density at radius 3 is 2.79 bits per heavy atom. The van der Waals surface area contributed by atoms with Crippen LogP contribution in [0, 0.1) is 5.41 Å². The van der Waals surface area contributed by atoms with E-state index in [1.54, 1.807) is 6.26 Å². The summed E-state index contributed by atoms with van der Waals surface area (Å²) in [5.41, 5.74) is 0.149. The van der Waals surface area contributed by atoms with Gasteiger partial charge in [0.1, 0.15) is 5.76 Å². The average molecular weight is 194 g/mol. The molecule has 1 aromatic heterocycles. The molecule has 1 atom stereocenters. The summed E-state index contributed by atoms with van der Waals surface area (Å²) in [5, 5.41) is 10.7. The van der Waals surface area contributed by atoms with E-state index >= 15 is 0 Å². The molecule has 2 rings (SSSR count). The zero-order chi connectivity index (χ0) is 10.4. The van der Waals surface area contributed by atoms with Gasteiger partial charge < -0.3 is 9.52 Å². The lowest BCUT2D eigenvalue weighted by Gasteiger charge is -2.42. The van der Waals surface area contributed by atoms with E-state index in [4.69, 9.17) is 4.42 Å². The Balaban J connectivity index is 2.50. The van der Waals surface area contributed by atoms with Crippen molar-refractivity contribution in [2.24, 2.45) is 5.41 Å². The minimum absolute atomic E-state index is 0.133.